The second-order valence-electron chi connectivity index (χ2n) is 4.46. The molecule has 0 amide bonds. The summed E-state index contributed by atoms with van der Waals surface area (Å²) in [6.45, 7) is 6.39. The molecule has 0 saturated heterocycles. The maximum absolute atomic E-state index is 4.70. The summed E-state index contributed by atoms with van der Waals surface area (Å²) in [5.74, 6) is 2.40. The van der Waals surface area contributed by atoms with Gasteiger partial charge in [0.15, 0.2) is 0 Å². The molecule has 4 heteroatoms. The van der Waals surface area contributed by atoms with E-state index in [1.165, 1.54) is 17.0 Å². The van der Waals surface area contributed by atoms with Crippen molar-refractivity contribution in [2.24, 2.45) is 0 Å². The lowest BCUT2D eigenvalue weighted by molar-refractivity contribution is 0.603. The minimum atomic E-state index is 0.484. The zero-order valence-corrected chi connectivity index (χ0v) is 11.0. The predicted molar refractivity (Wildman–Crippen MR) is 68.8 cm³/mol. The highest BCUT2D eigenvalue weighted by molar-refractivity contribution is 7.97. The molecule has 0 bridgehead atoms. The van der Waals surface area contributed by atoms with Gasteiger partial charge in [-0.15, -0.1) is 0 Å². The van der Waals surface area contributed by atoms with Crippen LogP contribution in [-0.2, 0) is 18.7 Å². The summed E-state index contributed by atoms with van der Waals surface area (Å²) in [7, 11) is 0. The van der Waals surface area contributed by atoms with Crippen LogP contribution >= 0.6 is 11.8 Å². The summed E-state index contributed by atoms with van der Waals surface area (Å²) in [5, 5.41) is 3.40. The van der Waals surface area contributed by atoms with Crippen molar-refractivity contribution in [3.05, 3.63) is 22.8 Å². The fourth-order valence-corrected chi connectivity index (χ4v) is 2.48. The Labute approximate surface area is 101 Å². The number of hydrogen-bond acceptors (Lipinski definition) is 4. The van der Waals surface area contributed by atoms with Crippen molar-refractivity contribution in [3.63, 3.8) is 0 Å². The van der Waals surface area contributed by atoms with E-state index in [9.17, 15) is 0 Å². The van der Waals surface area contributed by atoms with Gasteiger partial charge in [-0.3, -0.25) is 0 Å². The second-order valence-corrected chi connectivity index (χ2v) is 5.33. The lowest BCUT2D eigenvalue weighted by atomic mass is 9.98. The molecule has 1 aliphatic rings. The molecular formula is C12H19N3S. The molecule has 2 rings (SSSR count). The molecule has 0 spiro atoms. The SMILES string of the molecule is CSCc1nc2c(c(C(C)C)n1)CNCC2. The van der Waals surface area contributed by atoms with E-state index in [0.717, 1.165) is 31.1 Å². The molecule has 0 radical (unpaired) electrons. The van der Waals surface area contributed by atoms with E-state index in [2.05, 4.69) is 30.4 Å². The number of hydrogen-bond donors (Lipinski definition) is 1. The van der Waals surface area contributed by atoms with E-state index in [0.29, 0.717) is 5.92 Å². The first-order chi connectivity index (χ1) is 7.72. The molecule has 0 unspecified atom stereocenters. The van der Waals surface area contributed by atoms with Crippen LogP contribution in [0.25, 0.3) is 0 Å². The maximum atomic E-state index is 4.70. The smallest absolute Gasteiger partial charge is 0.138 e. The summed E-state index contributed by atoms with van der Waals surface area (Å²) >= 11 is 1.79. The highest BCUT2D eigenvalue weighted by Crippen LogP contribution is 2.23. The molecule has 1 aliphatic heterocycles. The Morgan fingerprint density at radius 2 is 2.19 bits per heavy atom. The zero-order valence-electron chi connectivity index (χ0n) is 10.2. The Morgan fingerprint density at radius 1 is 1.38 bits per heavy atom. The largest absolute Gasteiger partial charge is 0.312 e. The lowest BCUT2D eigenvalue weighted by Crippen LogP contribution is -2.27. The summed E-state index contributed by atoms with van der Waals surface area (Å²) in [6.07, 6.45) is 3.14. The van der Waals surface area contributed by atoms with Gasteiger partial charge in [0, 0.05) is 25.1 Å². The van der Waals surface area contributed by atoms with Gasteiger partial charge in [-0.25, -0.2) is 9.97 Å². The molecule has 0 aromatic carbocycles. The van der Waals surface area contributed by atoms with E-state index in [1.54, 1.807) is 11.8 Å². The van der Waals surface area contributed by atoms with Gasteiger partial charge in [-0.05, 0) is 12.2 Å². The van der Waals surface area contributed by atoms with Crippen molar-refractivity contribution in [1.29, 1.82) is 0 Å². The quantitative estimate of drug-likeness (QED) is 0.874. The maximum Gasteiger partial charge on any atom is 0.138 e. The van der Waals surface area contributed by atoms with Crippen molar-refractivity contribution >= 4 is 11.8 Å². The average molecular weight is 237 g/mol. The van der Waals surface area contributed by atoms with Crippen LogP contribution in [0.4, 0.5) is 0 Å². The van der Waals surface area contributed by atoms with Crippen LogP contribution in [0.15, 0.2) is 0 Å². The van der Waals surface area contributed by atoms with Crippen LogP contribution < -0.4 is 5.32 Å². The van der Waals surface area contributed by atoms with Crippen LogP contribution in [0.3, 0.4) is 0 Å². The molecule has 3 nitrogen and oxygen atoms in total. The fraction of sp³-hybridized carbons (Fsp3) is 0.667. The topological polar surface area (TPSA) is 37.8 Å². The van der Waals surface area contributed by atoms with Crippen molar-refractivity contribution in [2.45, 2.75) is 38.5 Å². The highest BCUT2D eigenvalue weighted by atomic mass is 32.2. The van der Waals surface area contributed by atoms with Gasteiger partial charge in [0.25, 0.3) is 0 Å². The molecule has 0 aliphatic carbocycles. The summed E-state index contributed by atoms with van der Waals surface area (Å²) in [6, 6.07) is 0. The lowest BCUT2D eigenvalue weighted by Gasteiger charge is -2.21. The monoisotopic (exact) mass is 237 g/mol. The normalized spacial score (nSPS) is 15.2. The first-order valence-corrected chi connectivity index (χ1v) is 7.20. The van der Waals surface area contributed by atoms with Crippen LogP contribution in [-0.4, -0.2) is 22.8 Å². The van der Waals surface area contributed by atoms with E-state index in [-0.39, 0.29) is 0 Å². The summed E-state index contributed by atoms with van der Waals surface area (Å²) in [5.41, 5.74) is 3.84. The van der Waals surface area contributed by atoms with E-state index >= 15 is 0 Å². The zero-order chi connectivity index (χ0) is 11.5. The van der Waals surface area contributed by atoms with Gasteiger partial charge in [-0.1, -0.05) is 13.8 Å². The average Bonchev–Trinajstić information content (AvgIpc) is 2.28. The highest BCUT2D eigenvalue weighted by Gasteiger charge is 2.18. The minimum Gasteiger partial charge on any atom is -0.312 e. The third-order valence-electron chi connectivity index (χ3n) is 2.83. The molecule has 1 aromatic rings. The van der Waals surface area contributed by atoms with Crippen LogP contribution in [0.1, 0.15) is 42.5 Å². The Kier molecular flexibility index (Phi) is 3.82. The molecular weight excluding hydrogens is 218 g/mol. The molecule has 88 valence electrons. The summed E-state index contributed by atoms with van der Waals surface area (Å²) in [4.78, 5) is 9.38. The number of fused-ring (bicyclic) bond motifs is 1. The van der Waals surface area contributed by atoms with Gasteiger partial charge in [0.1, 0.15) is 5.82 Å². The first kappa shape index (κ1) is 11.9. The first-order valence-electron chi connectivity index (χ1n) is 5.80. The van der Waals surface area contributed by atoms with Gasteiger partial charge in [0.2, 0.25) is 0 Å². The van der Waals surface area contributed by atoms with Gasteiger partial charge in [0.05, 0.1) is 17.1 Å². The minimum absolute atomic E-state index is 0.484. The molecule has 0 atom stereocenters. The van der Waals surface area contributed by atoms with Crippen LogP contribution in [0, 0.1) is 0 Å². The van der Waals surface area contributed by atoms with E-state index in [1.807, 2.05) is 0 Å². The molecule has 0 fully saturated rings. The van der Waals surface area contributed by atoms with Crippen LogP contribution in [0.5, 0.6) is 0 Å². The van der Waals surface area contributed by atoms with Gasteiger partial charge >= 0.3 is 0 Å². The molecule has 1 N–H and O–H groups in total. The number of thioether (sulfide) groups is 1. The van der Waals surface area contributed by atoms with Crippen molar-refractivity contribution in [1.82, 2.24) is 15.3 Å². The van der Waals surface area contributed by atoms with Crippen molar-refractivity contribution in [3.8, 4) is 0 Å². The van der Waals surface area contributed by atoms with E-state index in [4.69, 9.17) is 4.98 Å². The third-order valence-corrected chi connectivity index (χ3v) is 3.38. The Morgan fingerprint density at radius 3 is 2.88 bits per heavy atom. The summed E-state index contributed by atoms with van der Waals surface area (Å²) < 4.78 is 0. The van der Waals surface area contributed by atoms with Gasteiger partial charge in [-0.2, -0.15) is 11.8 Å². The second kappa shape index (κ2) is 5.15. The number of nitrogens with zero attached hydrogens (tertiary/aromatic N) is 2. The predicted octanol–water partition coefficient (Wildman–Crippen LogP) is 2.11. The standard InChI is InChI=1S/C12H19N3S/c1-8(2)12-9-6-13-5-4-10(9)14-11(15-12)7-16-3/h8,13H,4-7H2,1-3H3. The van der Waals surface area contributed by atoms with Crippen molar-refractivity contribution < 1.29 is 0 Å². The van der Waals surface area contributed by atoms with Crippen LogP contribution in [0.2, 0.25) is 0 Å². The Bertz CT molecular complexity index is 377. The van der Waals surface area contributed by atoms with Gasteiger partial charge < -0.3 is 5.32 Å². The molecule has 16 heavy (non-hydrogen) atoms. The van der Waals surface area contributed by atoms with Crippen molar-refractivity contribution in [2.75, 3.05) is 12.8 Å². The number of nitrogens with one attached hydrogen (secondary N) is 1. The molecule has 1 aromatic heterocycles. The third kappa shape index (κ3) is 2.38. The number of aromatic nitrogens is 2. The fourth-order valence-electron chi connectivity index (χ4n) is 2.09. The molecule has 2 heterocycles. The van der Waals surface area contributed by atoms with E-state index < -0.39 is 0 Å². The Hall–Kier alpha value is -0.610. The Balaban J connectivity index is 2.43. The molecule has 0 saturated carbocycles. The number of rotatable bonds is 3.